The highest BCUT2D eigenvalue weighted by molar-refractivity contribution is 7.07. The minimum atomic E-state index is -0.380. The van der Waals surface area contributed by atoms with Crippen molar-refractivity contribution in [3.63, 3.8) is 0 Å². The molecule has 0 atom stereocenters. The van der Waals surface area contributed by atoms with Crippen LogP contribution >= 0.6 is 11.3 Å². The van der Waals surface area contributed by atoms with Crippen LogP contribution < -0.4 is 4.80 Å². The van der Waals surface area contributed by atoms with E-state index in [0.717, 1.165) is 46.8 Å². The molecular formula is C22H21N5O2S. The lowest BCUT2D eigenvalue weighted by atomic mass is 10.1. The number of non-ortho nitro benzene ring substituents is 1. The molecule has 0 aliphatic heterocycles. The van der Waals surface area contributed by atoms with Crippen molar-refractivity contribution in [2.24, 2.45) is 4.99 Å². The molecular weight excluding hydrogens is 398 g/mol. The van der Waals surface area contributed by atoms with Crippen LogP contribution in [-0.2, 0) is 13.1 Å². The molecule has 0 fully saturated rings. The maximum absolute atomic E-state index is 11.0. The molecule has 2 aromatic carbocycles. The van der Waals surface area contributed by atoms with Crippen LogP contribution in [0.15, 0.2) is 77.6 Å². The van der Waals surface area contributed by atoms with Gasteiger partial charge in [0.15, 0.2) is 4.80 Å². The Bertz CT molecular complexity index is 1210. The van der Waals surface area contributed by atoms with Crippen molar-refractivity contribution in [3.8, 4) is 11.3 Å². The molecule has 0 unspecified atom stereocenters. The van der Waals surface area contributed by atoms with E-state index >= 15 is 0 Å². The number of hydrogen-bond donors (Lipinski definition) is 0. The Hall–Kier alpha value is -3.52. The molecule has 2 aromatic heterocycles. The van der Waals surface area contributed by atoms with Gasteiger partial charge in [0.2, 0.25) is 0 Å². The van der Waals surface area contributed by atoms with Crippen molar-refractivity contribution in [2.75, 3.05) is 0 Å². The fourth-order valence-corrected chi connectivity index (χ4v) is 4.21. The van der Waals surface area contributed by atoms with Crippen LogP contribution in [0.4, 0.5) is 11.4 Å². The minimum Gasteiger partial charge on any atom is -0.337 e. The highest BCUT2D eigenvalue weighted by Crippen LogP contribution is 2.24. The number of benzene rings is 2. The Morgan fingerprint density at radius 2 is 2.00 bits per heavy atom. The van der Waals surface area contributed by atoms with Gasteiger partial charge in [-0.3, -0.25) is 10.1 Å². The zero-order chi connectivity index (χ0) is 20.9. The molecule has 0 aliphatic rings. The molecule has 0 radical (unpaired) electrons. The lowest BCUT2D eigenvalue weighted by Gasteiger charge is -2.10. The normalized spacial score (nSPS) is 11.7. The quantitative estimate of drug-likeness (QED) is 0.314. The smallest absolute Gasteiger partial charge is 0.269 e. The summed E-state index contributed by atoms with van der Waals surface area (Å²) in [6.45, 7) is 3.68. The van der Waals surface area contributed by atoms with E-state index in [1.54, 1.807) is 41.8 Å². The number of nitro benzene ring substituents is 1. The summed E-state index contributed by atoms with van der Waals surface area (Å²) in [7, 11) is 0. The summed E-state index contributed by atoms with van der Waals surface area (Å²) in [5.74, 6) is 0. The second-order valence-electron chi connectivity index (χ2n) is 6.96. The standard InChI is InChI=1S/C22H21N5O2S/c1-17-4-2-5-19(14-17)24-22-26(12-3-11-25-13-10-23-16-25)21(15-30-22)18-6-8-20(9-7-18)27(28)29/h2,4-10,13-16H,3,11-12H2,1H3. The summed E-state index contributed by atoms with van der Waals surface area (Å²) in [6, 6.07) is 14.8. The van der Waals surface area contributed by atoms with Crippen LogP contribution in [0.1, 0.15) is 12.0 Å². The van der Waals surface area contributed by atoms with Crippen LogP contribution in [0, 0.1) is 17.0 Å². The number of rotatable bonds is 7. The van der Waals surface area contributed by atoms with E-state index in [1.807, 2.05) is 24.7 Å². The van der Waals surface area contributed by atoms with Crippen LogP contribution in [0.5, 0.6) is 0 Å². The average molecular weight is 420 g/mol. The highest BCUT2D eigenvalue weighted by Gasteiger charge is 2.11. The van der Waals surface area contributed by atoms with Crippen LogP contribution in [0.3, 0.4) is 0 Å². The maximum Gasteiger partial charge on any atom is 0.269 e. The van der Waals surface area contributed by atoms with E-state index < -0.39 is 0 Å². The van der Waals surface area contributed by atoms with Crippen molar-refractivity contribution in [1.82, 2.24) is 14.1 Å². The van der Waals surface area contributed by atoms with E-state index in [0.29, 0.717) is 0 Å². The van der Waals surface area contributed by atoms with Gasteiger partial charge < -0.3 is 9.13 Å². The monoisotopic (exact) mass is 419 g/mol. The molecule has 152 valence electrons. The molecule has 0 N–H and O–H groups in total. The molecule has 0 bridgehead atoms. The van der Waals surface area contributed by atoms with Gasteiger partial charge in [0.25, 0.3) is 5.69 Å². The first kappa shape index (κ1) is 19.8. The maximum atomic E-state index is 11.0. The average Bonchev–Trinajstić information content (AvgIpc) is 3.39. The predicted octanol–water partition coefficient (Wildman–Crippen LogP) is 4.95. The van der Waals surface area contributed by atoms with Gasteiger partial charge in [0.05, 0.1) is 22.6 Å². The zero-order valence-corrected chi connectivity index (χ0v) is 17.3. The van der Waals surface area contributed by atoms with Gasteiger partial charge in [-0.15, -0.1) is 11.3 Å². The number of nitro groups is 1. The third-order valence-electron chi connectivity index (χ3n) is 4.76. The first-order valence-corrected chi connectivity index (χ1v) is 10.5. The molecule has 2 heterocycles. The summed E-state index contributed by atoms with van der Waals surface area (Å²) >= 11 is 1.57. The SMILES string of the molecule is Cc1cccc(N=c2scc(-c3ccc([N+](=O)[O-])cc3)n2CCCn2ccnc2)c1. The number of aryl methyl sites for hydroxylation is 2. The van der Waals surface area contributed by atoms with Gasteiger partial charge in [-0.1, -0.05) is 12.1 Å². The van der Waals surface area contributed by atoms with Gasteiger partial charge >= 0.3 is 0 Å². The third kappa shape index (κ3) is 4.55. The first-order chi connectivity index (χ1) is 14.6. The van der Waals surface area contributed by atoms with Gasteiger partial charge in [-0.2, -0.15) is 0 Å². The molecule has 7 nitrogen and oxygen atoms in total. The van der Waals surface area contributed by atoms with Crippen molar-refractivity contribution >= 4 is 22.7 Å². The molecule has 4 aromatic rings. The van der Waals surface area contributed by atoms with Gasteiger partial charge in [0.1, 0.15) is 0 Å². The Labute approximate surface area is 177 Å². The van der Waals surface area contributed by atoms with Crippen molar-refractivity contribution in [2.45, 2.75) is 26.4 Å². The van der Waals surface area contributed by atoms with Crippen molar-refractivity contribution in [3.05, 3.63) is 93.1 Å². The Kier molecular flexibility index (Phi) is 5.85. The van der Waals surface area contributed by atoms with Gasteiger partial charge in [-0.05, 0) is 48.7 Å². The summed E-state index contributed by atoms with van der Waals surface area (Å²) in [4.78, 5) is 20.5. The fourth-order valence-electron chi connectivity index (χ4n) is 3.26. The number of nitrogens with zero attached hydrogens (tertiary/aromatic N) is 5. The minimum absolute atomic E-state index is 0.0882. The molecule has 0 saturated heterocycles. The van der Waals surface area contributed by atoms with Crippen molar-refractivity contribution in [1.29, 1.82) is 0 Å². The summed E-state index contributed by atoms with van der Waals surface area (Å²) in [5, 5.41) is 13.0. The number of hydrogen-bond acceptors (Lipinski definition) is 5. The van der Waals surface area contributed by atoms with E-state index in [1.165, 1.54) is 0 Å². The Morgan fingerprint density at radius 1 is 1.17 bits per heavy atom. The van der Waals surface area contributed by atoms with Crippen LogP contribution in [-0.4, -0.2) is 19.0 Å². The number of imidazole rings is 1. The van der Waals surface area contributed by atoms with Gasteiger partial charge in [-0.25, -0.2) is 9.98 Å². The zero-order valence-electron chi connectivity index (χ0n) is 16.5. The largest absolute Gasteiger partial charge is 0.337 e. The molecule has 4 rings (SSSR count). The lowest BCUT2D eigenvalue weighted by molar-refractivity contribution is -0.384. The molecule has 8 heteroatoms. The van der Waals surface area contributed by atoms with E-state index in [9.17, 15) is 10.1 Å². The summed E-state index contributed by atoms with van der Waals surface area (Å²) in [6.07, 6.45) is 6.45. The Morgan fingerprint density at radius 3 is 2.70 bits per heavy atom. The van der Waals surface area contributed by atoms with E-state index in [-0.39, 0.29) is 10.6 Å². The topological polar surface area (TPSA) is 78.2 Å². The molecule has 0 saturated carbocycles. The molecule has 0 amide bonds. The number of thiazole rings is 1. The summed E-state index contributed by atoms with van der Waals surface area (Å²) in [5.41, 5.74) is 4.10. The molecule has 0 spiro atoms. The molecule has 0 aliphatic carbocycles. The third-order valence-corrected chi connectivity index (χ3v) is 5.62. The first-order valence-electron chi connectivity index (χ1n) is 9.60. The second-order valence-corrected chi connectivity index (χ2v) is 7.80. The van der Waals surface area contributed by atoms with E-state index in [2.05, 4.69) is 38.6 Å². The van der Waals surface area contributed by atoms with Crippen molar-refractivity contribution < 1.29 is 4.92 Å². The summed E-state index contributed by atoms with van der Waals surface area (Å²) < 4.78 is 4.24. The van der Waals surface area contributed by atoms with E-state index in [4.69, 9.17) is 4.99 Å². The Balaban J connectivity index is 1.69. The van der Waals surface area contributed by atoms with Crippen LogP contribution in [0.25, 0.3) is 11.3 Å². The highest BCUT2D eigenvalue weighted by atomic mass is 32.1. The van der Waals surface area contributed by atoms with Gasteiger partial charge in [0, 0.05) is 43.0 Å². The number of aromatic nitrogens is 3. The fraction of sp³-hybridized carbons (Fsp3) is 0.182. The molecule has 30 heavy (non-hydrogen) atoms. The van der Waals surface area contributed by atoms with Crippen LogP contribution in [0.2, 0.25) is 0 Å². The predicted molar refractivity (Wildman–Crippen MR) is 118 cm³/mol. The lowest BCUT2D eigenvalue weighted by Crippen LogP contribution is -2.17. The second kappa shape index (κ2) is 8.87.